The molecule has 2 aliphatic rings. The van der Waals surface area contributed by atoms with Gasteiger partial charge in [0.15, 0.2) is 0 Å². The van der Waals surface area contributed by atoms with E-state index in [1.807, 2.05) is 23.6 Å². The molecule has 2 aromatic rings. The fourth-order valence-corrected chi connectivity index (χ4v) is 4.29. The molecule has 3 atom stereocenters. The number of nitrogens with one attached hydrogen (secondary N) is 1. The maximum absolute atomic E-state index is 12.4. The number of rotatable bonds is 5. The Hall–Kier alpha value is -1.63. The van der Waals surface area contributed by atoms with Crippen LogP contribution in [0.4, 0.5) is 0 Å². The van der Waals surface area contributed by atoms with Crippen LogP contribution in [0.1, 0.15) is 23.3 Å². The molecule has 0 spiro atoms. The Morgan fingerprint density at radius 1 is 1.42 bits per heavy atom. The van der Waals surface area contributed by atoms with Crippen LogP contribution < -0.4 is 5.32 Å². The molecule has 0 aromatic carbocycles. The molecule has 6 heteroatoms. The van der Waals surface area contributed by atoms with Gasteiger partial charge in [0.25, 0.3) is 0 Å². The number of thiophene rings is 1. The normalized spacial score (nSPS) is 27.1. The second-order valence-corrected chi connectivity index (χ2v) is 7.64. The summed E-state index contributed by atoms with van der Waals surface area (Å²) >= 11 is 1.66. The van der Waals surface area contributed by atoms with Gasteiger partial charge in [0.1, 0.15) is 6.10 Å². The Labute approximate surface area is 145 Å². The number of likely N-dealkylation sites (tertiary alicyclic amines) is 1. The maximum atomic E-state index is 12.4. The van der Waals surface area contributed by atoms with E-state index >= 15 is 0 Å². The predicted molar refractivity (Wildman–Crippen MR) is 91.5 cm³/mol. The zero-order valence-electron chi connectivity index (χ0n) is 13.5. The first kappa shape index (κ1) is 15.9. The fourth-order valence-electron chi connectivity index (χ4n) is 3.65. The van der Waals surface area contributed by atoms with Gasteiger partial charge < -0.3 is 14.5 Å². The minimum absolute atomic E-state index is 0.0270. The lowest BCUT2D eigenvalue weighted by Crippen LogP contribution is -2.42. The summed E-state index contributed by atoms with van der Waals surface area (Å²) in [5.74, 6) is 0.530. The van der Waals surface area contributed by atoms with E-state index in [4.69, 9.17) is 9.15 Å². The van der Waals surface area contributed by atoms with Gasteiger partial charge in [-0.1, -0.05) is 6.07 Å². The number of ether oxygens (including phenoxy) is 1. The van der Waals surface area contributed by atoms with E-state index in [0.717, 1.165) is 32.5 Å². The van der Waals surface area contributed by atoms with E-state index in [9.17, 15) is 4.79 Å². The lowest BCUT2D eigenvalue weighted by Gasteiger charge is -2.33. The Kier molecular flexibility index (Phi) is 4.69. The molecule has 1 amide bonds. The molecule has 4 rings (SSSR count). The first-order valence-electron chi connectivity index (χ1n) is 8.47. The van der Waals surface area contributed by atoms with E-state index in [0.29, 0.717) is 12.5 Å². The first-order chi connectivity index (χ1) is 11.8. The predicted octanol–water partition coefficient (Wildman–Crippen LogP) is 2.64. The Bertz CT molecular complexity index is 656. The van der Waals surface area contributed by atoms with Gasteiger partial charge in [-0.25, -0.2) is 0 Å². The first-order valence-corrected chi connectivity index (χ1v) is 9.35. The average Bonchev–Trinajstić information content (AvgIpc) is 3.33. The highest BCUT2D eigenvalue weighted by Gasteiger charge is 2.41. The molecule has 2 fully saturated rings. The van der Waals surface area contributed by atoms with Crippen molar-refractivity contribution in [2.24, 2.45) is 5.92 Å². The van der Waals surface area contributed by atoms with Crippen molar-refractivity contribution in [3.8, 4) is 0 Å². The highest BCUT2D eigenvalue weighted by molar-refractivity contribution is 7.09. The summed E-state index contributed by atoms with van der Waals surface area (Å²) in [5, 5.41) is 5.03. The largest absolute Gasteiger partial charge is 0.472 e. The van der Waals surface area contributed by atoms with Gasteiger partial charge in [0.2, 0.25) is 5.91 Å². The van der Waals surface area contributed by atoms with Crippen LogP contribution in [0, 0.1) is 5.92 Å². The number of furan rings is 1. The quantitative estimate of drug-likeness (QED) is 0.904. The van der Waals surface area contributed by atoms with Crippen molar-refractivity contribution in [2.45, 2.75) is 38.1 Å². The molecule has 2 aliphatic heterocycles. The Morgan fingerprint density at radius 2 is 2.38 bits per heavy atom. The third kappa shape index (κ3) is 3.55. The van der Waals surface area contributed by atoms with Crippen LogP contribution in [0.5, 0.6) is 0 Å². The number of nitrogens with zero attached hydrogens (tertiary/aromatic N) is 1. The molecule has 0 radical (unpaired) electrons. The molecule has 0 saturated carbocycles. The van der Waals surface area contributed by atoms with Gasteiger partial charge in [0.05, 0.1) is 25.2 Å². The van der Waals surface area contributed by atoms with Crippen molar-refractivity contribution >= 4 is 17.2 Å². The van der Waals surface area contributed by atoms with Crippen LogP contribution in [0.3, 0.4) is 0 Å². The Balaban J connectivity index is 1.28. The van der Waals surface area contributed by atoms with Gasteiger partial charge >= 0.3 is 0 Å². The molecule has 2 saturated heterocycles. The fraction of sp³-hybridized carbons (Fsp3) is 0.500. The summed E-state index contributed by atoms with van der Waals surface area (Å²) in [5.41, 5.74) is 1.19. The highest BCUT2D eigenvalue weighted by Crippen LogP contribution is 2.33. The lowest BCUT2D eigenvalue weighted by atomic mass is 9.91. The molecule has 0 bridgehead atoms. The Morgan fingerprint density at radius 3 is 3.17 bits per heavy atom. The SMILES string of the molecule is O=C(NCc1cccs1)[C@@H]1C[C@@H]2CCN(Cc3ccoc3)C[C@H]2O1. The lowest BCUT2D eigenvalue weighted by molar-refractivity contribution is -0.133. The summed E-state index contributed by atoms with van der Waals surface area (Å²) in [4.78, 5) is 15.9. The van der Waals surface area contributed by atoms with Crippen LogP contribution in [0.25, 0.3) is 0 Å². The smallest absolute Gasteiger partial charge is 0.249 e. The molecule has 4 heterocycles. The topological polar surface area (TPSA) is 54.7 Å². The number of amides is 1. The van der Waals surface area contributed by atoms with Crippen molar-refractivity contribution in [3.05, 3.63) is 46.5 Å². The number of hydrogen-bond donors (Lipinski definition) is 1. The molecule has 0 aliphatic carbocycles. The van der Waals surface area contributed by atoms with Crippen LogP contribution in [-0.2, 0) is 22.6 Å². The third-order valence-electron chi connectivity index (χ3n) is 4.93. The summed E-state index contributed by atoms with van der Waals surface area (Å²) in [6, 6.07) is 6.04. The van der Waals surface area contributed by atoms with Crippen molar-refractivity contribution in [1.82, 2.24) is 10.2 Å². The van der Waals surface area contributed by atoms with Crippen molar-refractivity contribution in [1.29, 1.82) is 0 Å². The summed E-state index contributed by atoms with van der Waals surface area (Å²) in [7, 11) is 0. The summed E-state index contributed by atoms with van der Waals surface area (Å²) in [6.45, 7) is 3.43. The third-order valence-corrected chi connectivity index (χ3v) is 5.81. The van der Waals surface area contributed by atoms with Gasteiger partial charge in [-0.2, -0.15) is 0 Å². The molecular formula is C18H22N2O3S. The number of carbonyl (C=O) groups is 1. The molecule has 1 N–H and O–H groups in total. The van der Waals surface area contributed by atoms with Crippen molar-refractivity contribution in [2.75, 3.05) is 13.1 Å². The minimum atomic E-state index is -0.297. The number of hydrogen-bond acceptors (Lipinski definition) is 5. The zero-order valence-corrected chi connectivity index (χ0v) is 14.3. The van der Waals surface area contributed by atoms with Crippen molar-refractivity contribution in [3.63, 3.8) is 0 Å². The molecule has 2 aromatic heterocycles. The monoisotopic (exact) mass is 346 g/mol. The van der Waals surface area contributed by atoms with E-state index in [2.05, 4.69) is 10.2 Å². The van der Waals surface area contributed by atoms with E-state index in [-0.39, 0.29) is 18.1 Å². The van der Waals surface area contributed by atoms with E-state index in [1.54, 1.807) is 23.9 Å². The number of fused-ring (bicyclic) bond motifs is 1. The molecule has 24 heavy (non-hydrogen) atoms. The van der Waals surface area contributed by atoms with Gasteiger partial charge in [0, 0.05) is 23.5 Å². The second kappa shape index (κ2) is 7.09. The van der Waals surface area contributed by atoms with Crippen LogP contribution in [-0.4, -0.2) is 36.1 Å². The minimum Gasteiger partial charge on any atom is -0.472 e. The molecular weight excluding hydrogens is 324 g/mol. The van der Waals surface area contributed by atoms with Gasteiger partial charge in [-0.05, 0) is 42.8 Å². The molecule has 0 unspecified atom stereocenters. The van der Waals surface area contributed by atoms with E-state index < -0.39 is 0 Å². The van der Waals surface area contributed by atoms with Crippen molar-refractivity contribution < 1.29 is 13.9 Å². The molecule has 5 nitrogen and oxygen atoms in total. The van der Waals surface area contributed by atoms with Gasteiger partial charge in [-0.3, -0.25) is 9.69 Å². The van der Waals surface area contributed by atoms with E-state index in [1.165, 1.54) is 10.4 Å². The highest BCUT2D eigenvalue weighted by atomic mass is 32.1. The maximum Gasteiger partial charge on any atom is 0.249 e. The van der Waals surface area contributed by atoms with Crippen LogP contribution in [0.15, 0.2) is 40.5 Å². The average molecular weight is 346 g/mol. The second-order valence-electron chi connectivity index (χ2n) is 6.61. The zero-order chi connectivity index (χ0) is 16.4. The van der Waals surface area contributed by atoms with Crippen LogP contribution >= 0.6 is 11.3 Å². The van der Waals surface area contributed by atoms with Crippen LogP contribution in [0.2, 0.25) is 0 Å². The standard InChI is InChI=1S/C18H22N2O3S/c21-18(19-9-15-2-1-7-24-15)16-8-14-3-5-20(11-17(14)23-16)10-13-4-6-22-12-13/h1-2,4,6-7,12,14,16-17H,3,5,8-11H2,(H,19,21)/t14-,16-,17+/m0/s1. The van der Waals surface area contributed by atoms with Gasteiger partial charge in [-0.15, -0.1) is 11.3 Å². The summed E-state index contributed by atoms with van der Waals surface area (Å²) in [6.07, 6.45) is 5.32. The summed E-state index contributed by atoms with van der Waals surface area (Å²) < 4.78 is 11.2. The number of piperidine rings is 1. The molecule has 128 valence electrons. The number of carbonyl (C=O) groups excluding carboxylic acids is 1.